The van der Waals surface area contributed by atoms with Gasteiger partial charge in [0, 0.05) is 15.7 Å². The Morgan fingerprint density at radius 3 is 2.95 bits per heavy atom. The van der Waals surface area contributed by atoms with Crippen LogP contribution in [-0.2, 0) is 12.3 Å². The maximum absolute atomic E-state index is 6.18. The van der Waals surface area contributed by atoms with E-state index in [2.05, 4.69) is 34.0 Å². The van der Waals surface area contributed by atoms with Crippen molar-refractivity contribution in [1.82, 2.24) is 14.9 Å². The summed E-state index contributed by atoms with van der Waals surface area (Å²) in [5, 5.41) is 11.8. The molecule has 22 heavy (non-hydrogen) atoms. The number of benzene rings is 1. The van der Waals surface area contributed by atoms with E-state index in [1.165, 1.54) is 10.4 Å². The lowest BCUT2D eigenvalue weighted by Crippen LogP contribution is -2.14. The van der Waals surface area contributed by atoms with Crippen LogP contribution in [0.4, 0.5) is 0 Å². The van der Waals surface area contributed by atoms with Gasteiger partial charge in [0.2, 0.25) is 5.16 Å². The van der Waals surface area contributed by atoms with Gasteiger partial charge in [0.05, 0.1) is 6.54 Å². The van der Waals surface area contributed by atoms with Crippen molar-refractivity contribution in [3.05, 3.63) is 63.1 Å². The summed E-state index contributed by atoms with van der Waals surface area (Å²) < 4.78 is 1.86. The Hall–Kier alpha value is -1.50. The van der Waals surface area contributed by atoms with Crippen LogP contribution in [0, 0.1) is 6.92 Å². The number of nitrogens with zero attached hydrogens (tertiary/aromatic N) is 3. The molecule has 0 radical (unpaired) electrons. The van der Waals surface area contributed by atoms with E-state index < -0.39 is 0 Å². The number of thiophene rings is 1. The van der Waals surface area contributed by atoms with Crippen molar-refractivity contribution >= 4 is 34.7 Å². The predicted octanol–water partition coefficient (Wildman–Crippen LogP) is 4.34. The summed E-state index contributed by atoms with van der Waals surface area (Å²) in [5.74, 6) is 0.762. The highest BCUT2D eigenvalue weighted by Crippen LogP contribution is 2.25. The minimum atomic E-state index is 0.762. The van der Waals surface area contributed by atoms with Crippen molar-refractivity contribution in [2.24, 2.45) is 0 Å². The fraction of sp³-hybridized carbons (Fsp3) is 0.200. The molecule has 0 atom stereocenters. The first-order chi connectivity index (χ1) is 10.7. The fourth-order valence-electron chi connectivity index (χ4n) is 1.93. The molecule has 0 saturated heterocycles. The largest absolute Gasteiger partial charge is 0.317 e. The van der Waals surface area contributed by atoms with E-state index >= 15 is 0 Å². The van der Waals surface area contributed by atoms with Crippen molar-refractivity contribution in [3.8, 4) is 0 Å². The van der Waals surface area contributed by atoms with Gasteiger partial charge in [-0.3, -0.25) is 0 Å². The van der Waals surface area contributed by atoms with E-state index in [1.807, 2.05) is 28.9 Å². The molecule has 0 amide bonds. The van der Waals surface area contributed by atoms with E-state index in [-0.39, 0.29) is 0 Å². The Kier molecular flexibility index (Phi) is 5.02. The maximum Gasteiger partial charge on any atom is 0.210 e. The highest BCUT2D eigenvalue weighted by Gasteiger charge is 2.08. The van der Waals surface area contributed by atoms with Gasteiger partial charge in [-0.25, -0.2) is 4.68 Å². The number of thioether (sulfide) groups is 1. The molecule has 7 heteroatoms. The summed E-state index contributed by atoms with van der Waals surface area (Å²) in [7, 11) is 0. The van der Waals surface area contributed by atoms with E-state index in [4.69, 9.17) is 11.6 Å². The zero-order valence-electron chi connectivity index (χ0n) is 12.0. The van der Waals surface area contributed by atoms with Crippen molar-refractivity contribution < 1.29 is 0 Å². The monoisotopic (exact) mass is 350 g/mol. The summed E-state index contributed by atoms with van der Waals surface area (Å²) in [6.45, 7) is 2.88. The molecule has 0 spiro atoms. The summed E-state index contributed by atoms with van der Waals surface area (Å²) in [5.41, 5.74) is 5.73. The molecule has 0 aliphatic rings. The lowest BCUT2D eigenvalue weighted by molar-refractivity contribution is 0.753. The van der Waals surface area contributed by atoms with Gasteiger partial charge in [0.25, 0.3) is 0 Å². The van der Waals surface area contributed by atoms with Gasteiger partial charge >= 0.3 is 0 Å². The number of nitrogens with one attached hydrogen (secondary N) is 1. The topological polar surface area (TPSA) is 42.7 Å². The third-order valence-electron chi connectivity index (χ3n) is 3.21. The summed E-state index contributed by atoms with van der Waals surface area (Å²) >= 11 is 9.54. The van der Waals surface area contributed by atoms with Crippen molar-refractivity contribution in [2.45, 2.75) is 24.4 Å². The molecule has 1 aromatic carbocycles. The second-order valence-corrected chi connectivity index (χ2v) is 7.08. The summed E-state index contributed by atoms with van der Waals surface area (Å²) in [6.07, 6.45) is 1.69. The Bertz CT molecular complexity index is 753. The third-order valence-corrected chi connectivity index (χ3v) is 5.59. The van der Waals surface area contributed by atoms with Crippen LogP contribution in [0.2, 0.25) is 5.02 Å². The second kappa shape index (κ2) is 7.17. The van der Waals surface area contributed by atoms with Crippen LogP contribution in [0.5, 0.6) is 0 Å². The molecular formula is C15H15ClN4S2. The molecule has 3 rings (SSSR count). The van der Waals surface area contributed by atoms with Crippen molar-refractivity contribution in [1.29, 1.82) is 0 Å². The molecule has 2 aromatic heterocycles. The minimum Gasteiger partial charge on any atom is -0.317 e. The summed E-state index contributed by atoms with van der Waals surface area (Å²) in [4.78, 5) is 1.32. The zero-order chi connectivity index (χ0) is 15.4. The lowest BCUT2D eigenvalue weighted by atomic mass is 10.2. The van der Waals surface area contributed by atoms with Crippen LogP contribution in [-0.4, -0.2) is 14.9 Å². The van der Waals surface area contributed by atoms with Gasteiger partial charge in [-0.05, 0) is 35.6 Å². The SMILES string of the molecule is Cc1ccsc1CNn1cnnc1SCc1ccccc1Cl. The van der Waals surface area contributed by atoms with Crippen LogP contribution in [0.25, 0.3) is 0 Å². The number of halogens is 1. The molecule has 0 fully saturated rings. The molecule has 114 valence electrons. The molecule has 0 aliphatic carbocycles. The quantitative estimate of drug-likeness (QED) is 0.672. The standard InChI is InChI=1S/C15H15ClN4S2/c1-11-6-7-21-14(11)8-18-20-10-17-19-15(20)22-9-12-4-2-3-5-13(12)16/h2-7,10,18H,8-9H2,1H3. The van der Waals surface area contributed by atoms with Gasteiger partial charge < -0.3 is 5.43 Å². The number of hydrogen-bond donors (Lipinski definition) is 1. The van der Waals surface area contributed by atoms with Crippen LogP contribution < -0.4 is 5.43 Å². The van der Waals surface area contributed by atoms with Crippen LogP contribution >= 0.6 is 34.7 Å². The van der Waals surface area contributed by atoms with E-state index in [0.29, 0.717) is 0 Å². The van der Waals surface area contributed by atoms with Gasteiger partial charge in [-0.1, -0.05) is 41.6 Å². The number of aryl methyl sites for hydroxylation is 1. The average molecular weight is 351 g/mol. The van der Waals surface area contributed by atoms with Crippen LogP contribution in [0.15, 0.2) is 47.2 Å². The maximum atomic E-state index is 6.18. The lowest BCUT2D eigenvalue weighted by Gasteiger charge is -2.09. The third kappa shape index (κ3) is 3.63. The highest BCUT2D eigenvalue weighted by atomic mass is 35.5. The minimum absolute atomic E-state index is 0.762. The van der Waals surface area contributed by atoms with Crippen molar-refractivity contribution in [2.75, 3.05) is 5.43 Å². The van der Waals surface area contributed by atoms with Gasteiger partial charge in [-0.2, -0.15) is 0 Å². The van der Waals surface area contributed by atoms with Crippen LogP contribution in [0.1, 0.15) is 16.0 Å². The number of hydrogen-bond acceptors (Lipinski definition) is 5. The normalized spacial score (nSPS) is 10.8. The molecule has 0 aliphatic heterocycles. The van der Waals surface area contributed by atoms with Crippen molar-refractivity contribution in [3.63, 3.8) is 0 Å². The van der Waals surface area contributed by atoms with Gasteiger partial charge in [-0.15, -0.1) is 21.5 Å². The molecule has 0 saturated carbocycles. The molecule has 1 N–H and O–H groups in total. The van der Waals surface area contributed by atoms with Gasteiger partial charge in [0.1, 0.15) is 6.33 Å². The Balaban J connectivity index is 1.62. The molecule has 3 aromatic rings. The fourth-order valence-corrected chi connectivity index (χ4v) is 3.94. The first-order valence-corrected chi connectivity index (χ1v) is 9.01. The zero-order valence-corrected chi connectivity index (χ0v) is 14.4. The Morgan fingerprint density at radius 1 is 1.32 bits per heavy atom. The Labute approximate surface area is 142 Å². The number of aromatic nitrogens is 3. The molecule has 0 bridgehead atoms. The smallest absolute Gasteiger partial charge is 0.210 e. The van der Waals surface area contributed by atoms with Gasteiger partial charge in [0.15, 0.2) is 0 Å². The second-order valence-electron chi connectivity index (χ2n) is 4.73. The molecule has 2 heterocycles. The van der Waals surface area contributed by atoms with Crippen LogP contribution in [0.3, 0.4) is 0 Å². The Morgan fingerprint density at radius 2 is 2.18 bits per heavy atom. The van der Waals surface area contributed by atoms with E-state index in [1.54, 1.807) is 29.4 Å². The highest BCUT2D eigenvalue weighted by molar-refractivity contribution is 7.98. The first kappa shape index (κ1) is 15.4. The predicted molar refractivity (Wildman–Crippen MR) is 93.2 cm³/mol. The van der Waals surface area contributed by atoms with E-state index in [0.717, 1.165) is 28.0 Å². The van der Waals surface area contributed by atoms with E-state index in [9.17, 15) is 0 Å². The number of rotatable bonds is 6. The first-order valence-electron chi connectivity index (χ1n) is 6.77. The average Bonchev–Trinajstić information content (AvgIpc) is 3.13. The molecule has 4 nitrogen and oxygen atoms in total. The molecular weight excluding hydrogens is 336 g/mol. The molecule has 0 unspecified atom stereocenters. The summed E-state index contributed by atoms with van der Waals surface area (Å²) in [6, 6.07) is 9.98.